The topological polar surface area (TPSA) is 46.7 Å². The summed E-state index contributed by atoms with van der Waals surface area (Å²) in [4.78, 5) is 0. The number of benzene rings is 4. The van der Waals surface area contributed by atoms with Crippen LogP contribution in [0.2, 0.25) is 10.0 Å². The van der Waals surface area contributed by atoms with Crippen LogP contribution in [0.5, 0.6) is 0 Å². The molecule has 4 aromatic carbocycles. The predicted octanol–water partition coefficient (Wildman–Crippen LogP) is 10.2. The molecule has 0 amide bonds. The van der Waals surface area contributed by atoms with Crippen molar-refractivity contribution in [2.45, 2.75) is 0 Å². The number of hydrogen-bond donors (Lipinski definition) is 2. The Morgan fingerprint density at radius 2 is 0.811 bits per heavy atom. The van der Waals surface area contributed by atoms with E-state index in [2.05, 4.69) is 10.6 Å². The normalized spacial score (nSPS) is 10.2. The van der Waals surface area contributed by atoms with E-state index in [1.807, 2.05) is 121 Å². The average Bonchev–Trinajstić information content (AvgIpc) is 2.92. The zero-order chi connectivity index (χ0) is 24.7. The Kier molecular flexibility index (Phi) is 8.97. The number of hydrogen-bond acceptors (Lipinski definition) is 2. The van der Waals surface area contributed by atoms with Gasteiger partial charge < -0.3 is 0 Å². The maximum absolute atomic E-state index is 5.84. The summed E-state index contributed by atoms with van der Waals surface area (Å²) in [6.45, 7) is 0. The van der Waals surface area contributed by atoms with Crippen LogP contribution in [0.1, 0.15) is 0 Å². The van der Waals surface area contributed by atoms with Crippen LogP contribution in [0.15, 0.2) is 130 Å². The average molecular weight is 572 g/mol. The molecule has 0 radical (unpaired) electrons. The first-order valence-corrected chi connectivity index (χ1v) is 12.1. The molecule has 2 heterocycles. The van der Waals surface area contributed by atoms with Gasteiger partial charge in [-0.2, -0.15) is 8.83 Å². The van der Waals surface area contributed by atoms with Gasteiger partial charge in [-0.15, -0.1) is 0 Å². The first kappa shape index (κ1) is 26.4. The Balaban J connectivity index is 0.000000168. The number of nitrogens with one attached hydrogen (secondary N) is 2. The first-order chi connectivity index (χ1) is 17.6. The van der Waals surface area contributed by atoms with E-state index in [9.17, 15) is 0 Å². The van der Waals surface area contributed by atoms with Gasteiger partial charge in [0.2, 0.25) is 0 Å². The molecule has 0 aliphatic rings. The Morgan fingerprint density at radius 1 is 0.432 bits per heavy atom. The van der Waals surface area contributed by atoms with Crippen molar-refractivity contribution in [1.82, 2.24) is 0 Å². The van der Waals surface area contributed by atoms with Crippen molar-refractivity contribution in [2.75, 3.05) is 10.6 Å². The van der Waals surface area contributed by atoms with Gasteiger partial charge >= 0.3 is 22.9 Å². The second kappa shape index (κ2) is 12.6. The van der Waals surface area contributed by atoms with Gasteiger partial charge in [-0.1, -0.05) is 47.5 Å². The molecule has 37 heavy (non-hydrogen) atoms. The molecule has 0 aliphatic carbocycles. The van der Waals surface area contributed by atoms with E-state index in [1.165, 1.54) is 0 Å². The second-order valence-electron chi connectivity index (χ2n) is 7.94. The largest absolute Gasteiger partial charge is 0.431 e. The molecule has 2 N–H and O–H groups in total. The van der Waals surface area contributed by atoms with Crippen molar-refractivity contribution in [1.29, 1.82) is 0 Å². The van der Waals surface area contributed by atoms with E-state index < -0.39 is 0 Å². The van der Waals surface area contributed by atoms with Crippen LogP contribution in [0.4, 0.5) is 23.1 Å². The van der Waals surface area contributed by atoms with Crippen molar-refractivity contribution in [3.05, 3.63) is 131 Å². The molecule has 4 nitrogen and oxygen atoms in total. The molecule has 0 unspecified atom stereocenters. The van der Waals surface area contributed by atoms with Crippen molar-refractivity contribution >= 4 is 68.3 Å². The second-order valence-corrected chi connectivity index (χ2v) is 8.81. The molecule has 0 aliphatic heterocycles. The van der Waals surface area contributed by atoms with E-state index >= 15 is 0 Å². The van der Waals surface area contributed by atoms with Crippen molar-refractivity contribution in [3.8, 4) is 0 Å². The number of para-hydroxylation sites is 2. The third-order valence-corrected chi connectivity index (χ3v) is 5.83. The zero-order valence-electron chi connectivity index (χ0n) is 19.4. The van der Waals surface area contributed by atoms with Crippen LogP contribution >= 0.6 is 23.2 Å². The summed E-state index contributed by atoms with van der Waals surface area (Å²) < 4.78 is 11.5. The third kappa shape index (κ3) is 7.21. The van der Waals surface area contributed by atoms with Gasteiger partial charge in [0.1, 0.15) is 0 Å². The maximum atomic E-state index is 5.84. The molecule has 0 atom stereocenters. The quantitative estimate of drug-likeness (QED) is 0.163. The fourth-order valence-corrected chi connectivity index (χ4v) is 3.80. The summed E-state index contributed by atoms with van der Waals surface area (Å²) in [5, 5.41) is 10.00. The number of anilines is 4. The molecule has 0 spiro atoms. The van der Waals surface area contributed by atoms with E-state index in [4.69, 9.17) is 32.0 Å². The minimum Gasteiger partial charge on any atom is -0.276 e. The first-order valence-electron chi connectivity index (χ1n) is 11.3. The van der Waals surface area contributed by atoms with Crippen LogP contribution in [0.3, 0.4) is 0 Å². The predicted molar refractivity (Wildman–Crippen MR) is 151 cm³/mol. The Labute approximate surface area is 234 Å². The van der Waals surface area contributed by atoms with Gasteiger partial charge in [-0.3, -0.25) is 10.6 Å². The Morgan fingerprint density at radius 3 is 1.22 bits per heavy atom. The van der Waals surface area contributed by atoms with Gasteiger partial charge in [-0.05, 0) is 72.8 Å². The van der Waals surface area contributed by atoms with Crippen LogP contribution in [-0.2, 0) is 16.5 Å². The van der Waals surface area contributed by atoms with Gasteiger partial charge in [0.25, 0.3) is 0 Å². The molecule has 7 heteroatoms. The fourth-order valence-electron chi connectivity index (χ4n) is 3.54. The van der Waals surface area contributed by atoms with Crippen molar-refractivity contribution in [2.24, 2.45) is 0 Å². The smallest absolute Gasteiger partial charge is 0.276 e. The van der Waals surface area contributed by atoms with E-state index in [-0.39, 0.29) is 16.5 Å². The molecule has 2 aromatic heterocycles. The zero-order valence-corrected chi connectivity index (χ0v) is 21.9. The molecule has 0 saturated heterocycles. The van der Waals surface area contributed by atoms with Gasteiger partial charge in [0, 0.05) is 50.0 Å². The van der Waals surface area contributed by atoms with Gasteiger partial charge in [0.15, 0.2) is 0 Å². The van der Waals surface area contributed by atoms with Crippen molar-refractivity contribution < 1.29 is 25.3 Å². The summed E-state index contributed by atoms with van der Waals surface area (Å²) in [6, 6.07) is 38.7. The SMILES string of the molecule is Clc1ccc(Nc2ccc3ccccc3[o+]2)cc1.Clc1ccc(Nc2ccc3ccccc3[o+]2)cc1.[Ni]. The molecular formula is C30H22Cl2N2NiO2+2. The molecule has 0 bridgehead atoms. The summed E-state index contributed by atoms with van der Waals surface area (Å²) in [5.41, 5.74) is 3.60. The van der Waals surface area contributed by atoms with Crippen LogP contribution < -0.4 is 10.6 Å². The number of halogens is 2. The summed E-state index contributed by atoms with van der Waals surface area (Å²) in [5.74, 6) is 1.41. The molecule has 6 rings (SSSR count). The minimum absolute atomic E-state index is 0. The number of fused-ring (bicyclic) bond motifs is 2. The summed E-state index contributed by atoms with van der Waals surface area (Å²) in [6.07, 6.45) is 0. The fraction of sp³-hybridized carbons (Fsp3) is 0. The Hall–Kier alpha value is -3.63. The summed E-state index contributed by atoms with van der Waals surface area (Å²) in [7, 11) is 0. The molecule has 186 valence electrons. The van der Waals surface area contributed by atoms with E-state index in [0.29, 0.717) is 11.8 Å². The monoisotopic (exact) mass is 570 g/mol. The standard InChI is InChI=1S/2C15H11ClNO.Ni/c2*16-12-6-8-13(9-7-12)17-15-10-5-11-3-1-2-4-14(11)18-15;/h2*1-10,17H;/q2*+1;. The van der Waals surface area contributed by atoms with Crippen LogP contribution in [0.25, 0.3) is 21.9 Å². The van der Waals surface area contributed by atoms with Gasteiger partial charge in [-0.25, -0.2) is 0 Å². The van der Waals surface area contributed by atoms with E-state index in [1.54, 1.807) is 0 Å². The van der Waals surface area contributed by atoms with E-state index in [0.717, 1.165) is 43.4 Å². The molecule has 0 fully saturated rings. The van der Waals surface area contributed by atoms with Crippen LogP contribution in [0, 0.1) is 0 Å². The molecule has 6 aromatic rings. The maximum Gasteiger partial charge on any atom is 0.431 e. The third-order valence-electron chi connectivity index (χ3n) is 5.33. The number of rotatable bonds is 4. The van der Waals surface area contributed by atoms with Crippen molar-refractivity contribution in [3.63, 3.8) is 0 Å². The Bertz CT molecular complexity index is 1490. The summed E-state index contributed by atoms with van der Waals surface area (Å²) >= 11 is 11.7. The minimum atomic E-state index is 0. The molecule has 0 saturated carbocycles. The molecular weight excluding hydrogens is 550 g/mol. The van der Waals surface area contributed by atoms with Crippen LogP contribution in [-0.4, -0.2) is 0 Å². The van der Waals surface area contributed by atoms with Gasteiger partial charge in [0.05, 0.1) is 22.9 Å².